The molecule has 0 saturated heterocycles. The van der Waals surface area contributed by atoms with Crippen molar-refractivity contribution in [3.8, 4) is 11.8 Å². The fraction of sp³-hybridized carbons (Fsp3) is 0.400. The quantitative estimate of drug-likeness (QED) is 0.687. The van der Waals surface area contributed by atoms with E-state index in [0.29, 0.717) is 12.8 Å². The first kappa shape index (κ1) is 9.94. The summed E-state index contributed by atoms with van der Waals surface area (Å²) in [5.74, 6) is 5.59. The molecule has 0 aliphatic heterocycles. The van der Waals surface area contributed by atoms with Crippen molar-refractivity contribution in [2.45, 2.75) is 26.7 Å². The molecule has 68 valence electrons. The molecule has 0 spiro atoms. The molecule has 1 heterocycles. The van der Waals surface area contributed by atoms with Crippen LogP contribution in [-0.4, -0.2) is 10.8 Å². The fourth-order valence-electron chi connectivity index (χ4n) is 0.941. The Hall–Kier alpha value is -1.14. The zero-order chi connectivity index (χ0) is 9.68. The standard InChI is InChI=1S/C10H11NOS/c1-3-4-5-10(12)6-9-7-13-8(2)11-9/h7H,5-6H2,1-2H3. The van der Waals surface area contributed by atoms with Crippen molar-refractivity contribution < 1.29 is 4.79 Å². The van der Waals surface area contributed by atoms with E-state index >= 15 is 0 Å². The van der Waals surface area contributed by atoms with E-state index in [1.165, 1.54) is 0 Å². The Morgan fingerprint density at radius 2 is 2.46 bits per heavy atom. The van der Waals surface area contributed by atoms with Gasteiger partial charge in [-0.1, -0.05) is 5.92 Å². The van der Waals surface area contributed by atoms with E-state index in [1.807, 2.05) is 12.3 Å². The first-order valence-corrected chi connectivity index (χ1v) is 4.92. The monoisotopic (exact) mass is 193 g/mol. The second-order valence-corrected chi connectivity index (χ2v) is 3.74. The third kappa shape index (κ3) is 3.39. The summed E-state index contributed by atoms with van der Waals surface area (Å²) in [6, 6.07) is 0. The maximum atomic E-state index is 11.2. The lowest BCUT2D eigenvalue weighted by atomic mass is 10.2. The number of aromatic nitrogens is 1. The second-order valence-electron chi connectivity index (χ2n) is 2.68. The normalized spacial score (nSPS) is 9.08. The molecule has 1 aromatic rings. The van der Waals surface area contributed by atoms with Crippen LogP contribution in [0.2, 0.25) is 0 Å². The maximum absolute atomic E-state index is 11.2. The molecule has 3 heteroatoms. The Kier molecular flexibility index (Phi) is 3.66. The zero-order valence-electron chi connectivity index (χ0n) is 7.76. The molecule has 0 aliphatic carbocycles. The van der Waals surface area contributed by atoms with Crippen LogP contribution in [0.4, 0.5) is 0 Å². The van der Waals surface area contributed by atoms with E-state index in [-0.39, 0.29) is 5.78 Å². The highest BCUT2D eigenvalue weighted by Crippen LogP contribution is 2.08. The fourth-order valence-corrected chi connectivity index (χ4v) is 1.55. The number of aryl methyl sites for hydroxylation is 1. The lowest BCUT2D eigenvalue weighted by Gasteiger charge is -1.90. The Labute approximate surface area is 82.0 Å². The van der Waals surface area contributed by atoms with Gasteiger partial charge in [-0.05, 0) is 13.8 Å². The third-order valence-electron chi connectivity index (χ3n) is 1.51. The van der Waals surface area contributed by atoms with Crippen LogP contribution in [-0.2, 0) is 11.2 Å². The molecular weight excluding hydrogens is 182 g/mol. The summed E-state index contributed by atoms with van der Waals surface area (Å²) in [6.07, 6.45) is 0.756. The summed E-state index contributed by atoms with van der Waals surface area (Å²) in [4.78, 5) is 15.5. The summed E-state index contributed by atoms with van der Waals surface area (Å²) in [5, 5.41) is 2.93. The smallest absolute Gasteiger partial charge is 0.150 e. The van der Waals surface area contributed by atoms with Crippen LogP contribution >= 0.6 is 11.3 Å². The highest BCUT2D eigenvalue weighted by Gasteiger charge is 2.04. The van der Waals surface area contributed by atoms with Crippen molar-refractivity contribution in [3.63, 3.8) is 0 Å². The van der Waals surface area contributed by atoms with Gasteiger partial charge in [0, 0.05) is 5.38 Å². The first-order chi connectivity index (χ1) is 6.22. The molecule has 2 nitrogen and oxygen atoms in total. The van der Waals surface area contributed by atoms with Crippen molar-refractivity contribution in [1.82, 2.24) is 4.98 Å². The molecule has 1 rings (SSSR count). The van der Waals surface area contributed by atoms with Gasteiger partial charge >= 0.3 is 0 Å². The average Bonchev–Trinajstić information content (AvgIpc) is 2.48. The van der Waals surface area contributed by atoms with E-state index in [4.69, 9.17) is 0 Å². The summed E-state index contributed by atoms with van der Waals surface area (Å²) in [6.45, 7) is 3.67. The number of carbonyl (C=O) groups is 1. The second kappa shape index (κ2) is 4.78. The largest absolute Gasteiger partial charge is 0.298 e. The van der Waals surface area contributed by atoms with Crippen molar-refractivity contribution in [3.05, 3.63) is 16.1 Å². The third-order valence-corrected chi connectivity index (χ3v) is 2.33. The van der Waals surface area contributed by atoms with Crippen LogP contribution in [0, 0.1) is 18.8 Å². The number of nitrogens with zero attached hydrogens (tertiary/aromatic N) is 1. The van der Waals surface area contributed by atoms with Gasteiger partial charge in [-0.2, -0.15) is 0 Å². The molecule has 0 N–H and O–H groups in total. The van der Waals surface area contributed by atoms with Crippen molar-refractivity contribution >= 4 is 17.1 Å². The molecule has 13 heavy (non-hydrogen) atoms. The molecule has 0 bridgehead atoms. The molecule has 0 fully saturated rings. The summed E-state index contributed by atoms with van der Waals surface area (Å²) in [7, 11) is 0. The van der Waals surface area contributed by atoms with E-state index < -0.39 is 0 Å². The number of rotatable bonds is 3. The number of ketones is 1. The predicted molar refractivity (Wildman–Crippen MR) is 53.6 cm³/mol. The van der Waals surface area contributed by atoms with Crippen molar-refractivity contribution in [2.75, 3.05) is 0 Å². The summed E-state index contributed by atoms with van der Waals surface area (Å²) in [5.41, 5.74) is 0.866. The lowest BCUT2D eigenvalue weighted by Crippen LogP contribution is -2.01. The number of hydrogen-bond donors (Lipinski definition) is 0. The highest BCUT2D eigenvalue weighted by molar-refractivity contribution is 7.09. The van der Waals surface area contributed by atoms with Gasteiger partial charge in [-0.25, -0.2) is 4.98 Å². The average molecular weight is 193 g/mol. The van der Waals surface area contributed by atoms with Gasteiger partial charge in [0.1, 0.15) is 0 Å². The first-order valence-electron chi connectivity index (χ1n) is 4.04. The molecule has 0 saturated carbocycles. The molecule has 0 unspecified atom stereocenters. The maximum Gasteiger partial charge on any atom is 0.150 e. The Balaban J connectivity index is 2.48. The van der Waals surface area contributed by atoms with Gasteiger partial charge in [-0.15, -0.1) is 17.3 Å². The predicted octanol–water partition coefficient (Wildman–Crippen LogP) is 1.98. The van der Waals surface area contributed by atoms with Crippen LogP contribution in [0.15, 0.2) is 5.38 Å². The molecule has 0 aromatic carbocycles. The van der Waals surface area contributed by atoms with E-state index in [1.54, 1.807) is 18.3 Å². The Morgan fingerprint density at radius 1 is 1.69 bits per heavy atom. The van der Waals surface area contributed by atoms with Crippen molar-refractivity contribution in [1.29, 1.82) is 0 Å². The zero-order valence-corrected chi connectivity index (χ0v) is 8.57. The van der Waals surface area contributed by atoms with Crippen LogP contribution in [0.1, 0.15) is 24.0 Å². The van der Waals surface area contributed by atoms with Crippen molar-refractivity contribution in [2.24, 2.45) is 0 Å². The summed E-state index contributed by atoms with van der Waals surface area (Å²) >= 11 is 1.57. The lowest BCUT2D eigenvalue weighted by molar-refractivity contribution is -0.117. The number of thiazole rings is 1. The minimum Gasteiger partial charge on any atom is -0.298 e. The number of hydrogen-bond acceptors (Lipinski definition) is 3. The highest BCUT2D eigenvalue weighted by atomic mass is 32.1. The van der Waals surface area contributed by atoms with Gasteiger partial charge in [0.2, 0.25) is 0 Å². The number of Topliss-reactive ketones (excluding diaryl/α,β-unsaturated/α-hetero) is 1. The Bertz CT molecular complexity index is 356. The SMILES string of the molecule is CC#CCC(=O)Cc1csc(C)n1. The van der Waals surface area contributed by atoms with Crippen LogP contribution < -0.4 is 0 Å². The van der Waals surface area contributed by atoms with Gasteiger partial charge in [0.25, 0.3) is 0 Å². The Morgan fingerprint density at radius 3 is 3.00 bits per heavy atom. The van der Waals surface area contributed by atoms with E-state index in [0.717, 1.165) is 10.7 Å². The molecule has 1 aromatic heterocycles. The van der Waals surface area contributed by atoms with Gasteiger partial charge < -0.3 is 0 Å². The van der Waals surface area contributed by atoms with Crippen LogP contribution in [0.25, 0.3) is 0 Å². The minimum atomic E-state index is 0.139. The minimum absolute atomic E-state index is 0.139. The van der Waals surface area contributed by atoms with E-state index in [9.17, 15) is 4.79 Å². The molecule has 0 atom stereocenters. The molecule has 0 aliphatic rings. The van der Waals surface area contributed by atoms with Gasteiger partial charge in [-0.3, -0.25) is 4.79 Å². The summed E-state index contributed by atoms with van der Waals surface area (Å²) < 4.78 is 0. The molecule has 0 radical (unpaired) electrons. The van der Waals surface area contributed by atoms with Gasteiger partial charge in [0.05, 0.1) is 23.5 Å². The van der Waals surface area contributed by atoms with Crippen LogP contribution in [0.5, 0.6) is 0 Å². The molecular formula is C10H11NOS. The molecule has 0 amide bonds. The van der Waals surface area contributed by atoms with Crippen LogP contribution in [0.3, 0.4) is 0 Å². The van der Waals surface area contributed by atoms with Gasteiger partial charge in [0.15, 0.2) is 5.78 Å². The topological polar surface area (TPSA) is 30.0 Å². The number of carbonyl (C=O) groups excluding carboxylic acids is 1. The van der Waals surface area contributed by atoms with E-state index in [2.05, 4.69) is 16.8 Å².